The van der Waals surface area contributed by atoms with E-state index in [1.165, 1.54) is 12.0 Å². The predicted octanol–water partition coefficient (Wildman–Crippen LogP) is 3.60. The summed E-state index contributed by atoms with van der Waals surface area (Å²) in [6.45, 7) is 3.85. The number of benzene rings is 2. The van der Waals surface area contributed by atoms with Gasteiger partial charge >= 0.3 is 11.9 Å². The number of nitrogens with zero attached hydrogens (tertiary/aromatic N) is 1. The summed E-state index contributed by atoms with van der Waals surface area (Å²) in [5, 5.41) is 1.50. The Bertz CT molecular complexity index is 670. The van der Waals surface area contributed by atoms with Crippen LogP contribution in [0.3, 0.4) is 0 Å². The highest BCUT2D eigenvalue weighted by Crippen LogP contribution is 2.22. The van der Waals surface area contributed by atoms with Crippen LogP contribution in [-0.4, -0.2) is 18.5 Å². The van der Waals surface area contributed by atoms with E-state index in [4.69, 9.17) is 9.57 Å². The van der Waals surface area contributed by atoms with E-state index in [0.717, 1.165) is 6.42 Å². The molecule has 0 N–H and O–H groups in total. The normalized spacial score (nSPS) is 10.0. The fraction of sp³-hybridized carbons (Fsp3) is 0.222. The Morgan fingerprint density at radius 2 is 1.78 bits per heavy atom. The van der Waals surface area contributed by atoms with Crippen LogP contribution in [0.5, 0.6) is 5.75 Å². The molecule has 120 valence electrons. The molecule has 0 aliphatic carbocycles. The summed E-state index contributed by atoms with van der Waals surface area (Å²) in [4.78, 5) is 28.8. The van der Waals surface area contributed by atoms with Gasteiger partial charge in [-0.3, -0.25) is 4.79 Å². The molecule has 5 nitrogen and oxygen atoms in total. The topological polar surface area (TPSA) is 55.8 Å². The van der Waals surface area contributed by atoms with Crippen molar-refractivity contribution in [3.63, 3.8) is 0 Å². The van der Waals surface area contributed by atoms with Crippen LogP contribution in [-0.2, 0) is 9.63 Å². The molecule has 0 aliphatic heterocycles. The highest BCUT2D eigenvalue weighted by molar-refractivity contribution is 5.89. The second kappa shape index (κ2) is 7.98. The minimum Gasteiger partial charge on any atom is -0.427 e. The van der Waals surface area contributed by atoms with Crippen molar-refractivity contribution in [1.82, 2.24) is 0 Å². The molecule has 0 atom stereocenters. The van der Waals surface area contributed by atoms with Crippen LogP contribution in [0.15, 0.2) is 54.6 Å². The fourth-order valence-corrected chi connectivity index (χ4v) is 2.03. The summed E-state index contributed by atoms with van der Waals surface area (Å²) in [6, 6.07) is 15.7. The lowest BCUT2D eigenvalue weighted by atomic mass is 10.2. The van der Waals surface area contributed by atoms with Gasteiger partial charge in [-0.15, -0.1) is 0 Å². The van der Waals surface area contributed by atoms with Crippen molar-refractivity contribution in [2.75, 3.05) is 11.6 Å². The maximum Gasteiger partial charge on any atom is 0.363 e. The van der Waals surface area contributed by atoms with E-state index in [1.807, 2.05) is 13.0 Å². The fourth-order valence-electron chi connectivity index (χ4n) is 2.03. The molecule has 5 heteroatoms. The Labute approximate surface area is 135 Å². The number of hydrogen-bond acceptors (Lipinski definition) is 5. The van der Waals surface area contributed by atoms with Gasteiger partial charge in [0.1, 0.15) is 5.75 Å². The second-order valence-corrected chi connectivity index (χ2v) is 4.94. The summed E-state index contributed by atoms with van der Waals surface area (Å²) in [5.41, 5.74) is 1.12. The van der Waals surface area contributed by atoms with Gasteiger partial charge in [-0.1, -0.05) is 31.2 Å². The highest BCUT2D eigenvalue weighted by Gasteiger charge is 2.15. The maximum absolute atomic E-state index is 12.2. The molecule has 2 aromatic carbocycles. The maximum atomic E-state index is 12.2. The molecular weight excluding hydrogens is 294 g/mol. The van der Waals surface area contributed by atoms with Crippen LogP contribution in [0, 0.1) is 0 Å². The third-order valence-electron chi connectivity index (χ3n) is 3.00. The number of carbonyl (C=O) groups excluding carboxylic acids is 2. The van der Waals surface area contributed by atoms with E-state index in [-0.39, 0.29) is 0 Å². The van der Waals surface area contributed by atoms with Gasteiger partial charge in [0.15, 0.2) is 0 Å². The van der Waals surface area contributed by atoms with Crippen molar-refractivity contribution in [2.45, 2.75) is 20.3 Å². The van der Waals surface area contributed by atoms with Crippen LogP contribution >= 0.6 is 0 Å². The summed E-state index contributed by atoms with van der Waals surface area (Å²) in [5.74, 6) is -0.422. The molecule has 0 fully saturated rings. The van der Waals surface area contributed by atoms with Gasteiger partial charge in [-0.2, -0.15) is 0 Å². The predicted molar refractivity (Wildman–Crippen MR) is 87.2 cm³/mol. The third kappa shape index (κ3) is 4.85. The van der Waals surface area contributed by atoms with Gasteiger partial charge in [-0.25, -0.2) is 9.86 Å². The number of hydroxylamine groups is 1. The van der Waals surface area contributed by atoms with Crippen molar-refractivity contribution in [1.29, 1.82) is 0 Å². The summed E-state index contributed by atoms with van der Waals surface area (Å²) in [7, 11) is 0. The number of esters is 1. The first-order chi connectivity index (χ1) is 11.1. The van der Waals surface area contributed by atoms with Crippen molar-refractivity contribution in [3.8, 4) is 5.75 Å². The van der Waals surface area contributed by atoms with Gasteiger partial charge in [0, 0.05) is 13.0 Å². The Hall–Kier alpha value is -2.82. The third-order valence-corrected chi connectivity index (χ3v) is 3.00. The molecular formula is C18H19NO4. The monoisotopic (exact) mass is 313 g/mol. The van der Waals surface area contributed by atoms with Crippen LogP contribution in [0.4, 0.5) is 5.69 Å². The van der Waals surface area contributed by atoms with E-state index in [2.05, 4.69) is 0 Å². The van der Waals surface area contributed by atoms with Gasteiger partial charge < -0.3 is 9.57 Å². The Morgan fingerprint density at radius 3 is 2.43 bits per heavy atom. The molecule has 2 rings (SSSR count). The molecule has 0 aromatic heterocycles. The summed E-state index contributed by atoms with van der Waals surface area (Å²) in [6.07, 6.45) is 0.792. The SMILES string of the molecule is CCCN(OC(=O)c1ccccc1)c1cccc(OC(C)=O)c1. The molecule has 0 amide bonds. The lowest BCUT2D eigenvalue weighted by Crippen LogP contribution is -2.28. The average molecular weight is 313 g/mol. The van der Waals surface area contributed by atoms with Crippen LogP contribution in [0.2, 0.25) is 0 Å². The largest absolute Gasteiger partial charge is 0.427 e. The minimum absolute atomic E-state index is 0.398. The molecule has 0 bridgehead atoms. The quantitative estimate of drug-likeness (QED) is 0.463. The van der Waals surface area contributed by atoms with E-state index in [0.29, 0.717) is 23.5 Å². The van der Waals surface area contributed by atoms with Crippen molar-refractivity contribution in [2.24, 2.45) is 0 Å². The van der Waals surface area contributed by atoms with Gasteiger partial charge in [0.2, 0.25) is 0 Å². The Balaban J connectivity index is 2.18. The van der Waals surface area contributed by atoms with Crippen molar-refractivity contribution >= 4 is 17.6 Å². The van der Waals surface area contributed by atoms with Crippen LogP contribution in [0.25, 0.3) is 0 Å². The lowest BCUT2D eigenvalue weighted by molar-refractivity contribution is -0.131. The number of anilines is 1. The number of rotatable bonds is 6. The molecule has 0 aliphatic rings. The van der Waals surface area contributed by atoms with Gasteiger partial charge in [-0.05, 0) is 30.7 Å². The van der Waals surface area contributed by atoms with E-state index in [9.17, 15) is 9.59 Å². The van der Waals surface area contributed by atoms with Crippen LogP contribution < -0.4 is 9.80 Å². The lowest BCUT2D eigenvalue weighted by Gasteiger charge is -2.23. The molecule has 0 heterocycles. The first-order valence-corrected chi connectivity index (χ1v) is 7.43. The van der Waals surface area contributed by atoms with Gasteiger partial charge in [0.05, 0.1) is 17.8 Å². The molecule has 0 saturated heterocycles. The molecule has 0 unspecified atom stereocenters. The molecule has 0 radical (unpaired) electrons. The molecule has 2 aromatic rings. The first-order valence-electron chi connectivity index (χ1n) is 7.43. The molecule has 0 spiro atoms. The van der Waals surface area contributed by atoms with Crippen molar-refractivity contribution < 1.29 is 19.2 Å². The van der Waals surface area contributed by atoms with E-state index < -0.39 is 11.9 Å². The molecule has 23 heavy (non-hydrogen) atoms. The van der Waals surface area contributed by atoms with E-state index in [1.54, 1.807) is 48.5 Å². The number of carbonyl (C=O) groups is 2. The smallest absolute Gasteiger partial charge is 0.363 e. The first kappa shape index (κ1) is 16.5. The zero-order valence-corrected chi connectivity index (χ0v) is 13.2. The van der Waals surface area contributed by atoms with Crippen LogP contribution in [0.1, 0.15) is 30.6 Å². The zero-order valence-electron chi connectivity index (χ0n) is 13.2. The second-order valence-electron chi connectivity index (χ2n) is 4.94. The average Bonchev–Trinajstić information content (AvgIpc) is 2.55. The number of hydrogen-bond donors (Lipinski definition) is 0. The zero-order chi connectivity index (χ0) is 16.7. The highest BCUT2D eigenvalue weighted by atomic mass is 16.7. The minimum atomic E-state index is -0.433. The van der Waals surface area contributed by atoms with Crippen molar-refractivity contribution in [3.05, 3.63) is 60.2 Å². The Morgan fingerprint density at radius 1 is 1.04 bits per heavy atom. The number of ether oxygens (including phenoxy) is 1. The molecule has 0 saturated carbocycles. The summed E-state index contributed by atoms with van der Waals surface area (Å²) >= 11 is 0. The standard InChI is InChI=1S/C18H19NO4/c1-3-12-19(23-18(21)15-8-5-4-6-9-15)16-10-7-11-17(13-16)22-14(2)20/h4-11,13H,3,12H2,1-2H3. The van der Waals surface area contributed by atoms with Gasteiger partial charge in [0.25, 0.3) is 0 Å². The summed E-state index contributed by atoms with van der Waals surface area (Å²) < 4.78 is 5.07. The Kier molecular flexibility index (Phi) is 5.74. The van der Waals surface area contributed by atoms with E-state index >= 15 is 0 Å².